The fourth-order valence-electron chi connectivity index (χ4n) is 2.80. The Morgan fingerprint density at radius 1 is 0.958 bits per heavy atom. The summed E-state index contributed by atoms with van der Waals surface area (Å²) in [5.41, 5.74) is 4.57. The summed E-state index contributed by atoms with van der Waals surface area (Å²) in [4.78, 5) is 5.79. The fourth-order valence-corrected chi connectivity index (χ4v) is 3.53. The highest BCUT2D eigenvalue weighted by atomic mass is 32.1. The van der Waals surface area contributed by atoms with Crippen molar-refractivity contribution in [2.75, 3.05) is 6.61 Å². The highest BCUT2D eigenvalue weighted by molar-refractivity contribution is 7.15. The van der Waals surface area contributed by atoms with Crippen molar-refractivity contribution >= 4 is 16.3 Å². The van der Waals surface area contributed by atoms with E-state index in [2.05, 4.69) is 52.4 Å². The van der Waals surface area contributed by atoms with Crippen LogP contribution in [0.3, 0.4) is 0 Å². The Hall–Kier alpha value is -2.43. The molecule has 2 aromatic heterocycles. The maximum atomic E-state index is 5.97. The summed E-state index contributed by atoms with van der Waals surface area (Å²) in [6.07, 6.45) is 2.99. The predicted octanol–water partition coefficient (Wildman–Crippen LogP) is 4.82. The molecule has 0 spiro atoms. The number of hydrogen-bond acceptors (Lipinski definition) is 3. The van der Waals surface area contributed by atoms with E-state index in [0.29, 0.717) is 13.2 Å². The molecule has 0 bridgehead atoms. The lowest BCUT2D eigenvalue weighted by Gasteiger charge is -2.07. The number of nitrogens with zero attached hydrogens (tertiary/aromatic N) is 2. The van der Waals surface area contributed by atoms with E-state index in [1.54, 1.807) is 11.3 Å². The maximum absolute atomic E-state index is 5.97. The van der Waals surface area contributed by atoms with Crippen molar-refractivity contribution in [2.24, 2.45) is 0 Å². The van der Waals surface area contributed by atoms with Crippen LogP contribution in [0.15, 0.2) is 72.2 Å². The van der Waals surface area contributed by atoms with Gasteiger partial charge in [0.15, 0.2) is 4.96 Å². The Morgan fingerprint density at radius 3 is 2.50 bits per heavy atom. The van der Waals surface area contributed by atoms with E-state index in [9.17, 15) is 0 Å². The molecule has 3 nitrogen and oxygen atoms in total. The van der Waals surface area contributed by atoms with Crippen molar-refractivity contribution in [2.45, 2.75) is 13.0 Å². The average Bonchev–Trinajstić information content (AvgIpc) is 3.22. The molecule has 4 rings (SSSR count). The van der Waals surface area contributed by atoms with Crippen molar-refractivity contribution < 1.29 is 4.74 Å². The zero-order valence-corrected chi connectivity index (χ0v) is 14.1. The van der Waals surface area contributed by atoms with Gasteiger partial charge in [-0.1, -0.05) is 60.7 Å². The molecule has 0 saturated heterocycles. The largest absolute Gasteiger partial charge is 0.375 e. The second-order valence-electron chi connectivity index (χ2n) is 5.62. The lowest BCUT2D eigenvalue weighted by molar-refractivity contribution is 0.121. The van der Waals surface area contributed by atoms with Crippen molar-refractivity contribution in [1.29, 1.82) is 0 Å². The molecule has 0 amide bonds. The van der Waals surface area contributed by atoms with Gasteiger partial charge in [0.2, 0.25) is 0 Å². The Morgan fingerprint density at radius 2 is 1.71 bits per heavy atom. The van der Waals surface area contributed by atoms with Crippen LogP contribution < -0.4 is 0 Å². The molecule has 24 heavy (non-hydrogen) atoms. The first-order valence-corrected chi connectivity index (χ1v) is 8.91. The van der Waals surface area contributed by atoms with Crippen LogP contribution >= 0.6 is 11.3 Å². The minimum atomic E-state index is 0.564. The van der Waals surface area contributed by atoms with Crippen molar-refractivity contribution in [3.8, 4) is 11.3 Å². The number of ether oxygens (including phenoxy) is 1. The lowest BCUT2D eigenvalue weighted by Crippen LogP contribution is -2.02. The highest BCUT2D eigenvalue weighted by Crippen LogP contribution is 2.27. The van der Waals surface area contributed by atoms with Crippen LogP contribution in [0.4, 0.5) is 0 Å². The summed E-state index contributed by atoms with van der Waals surface area (Å²) in [5.74, 6) is 0. The van der Waals surface area contributed by atoms with Crippen LogP contribution in [0, 0.1) is 0 Å². The Labute approximate surface area is 145 Å². The third kappa shape index (κ3) is 3.11. The van der Waals surface area contributed by atoms with Gasteiger partial charge >= 0.3 is 0 Å². The van der Waals surface area contributed by atoms with Crippen LogP contribution in [0.5, 0.6) is 0 Å². The Bertz CT molecular complexity index is 913. The number of hydrogen-bond donors (Lipinski definition) is 0. The van der Waals surface area contributed by atoms with Crippen molar-refractivity contribution in [1.82, 2.24) is 9.38 Å². The molecule has 0 fully saturated rings. The minimum Gasteiger partial charge on any atom is -0.375 e. The van der Waals surface area contributed by atoms with Gasteiger partial charge in [-0.15, -0.1) is 11.3 Å². The smallest absolute Gasteiger partial charge is 0.194 e. The van der Waals surface area contributed by atoms with Crippen LogP contribution in [0.25, 0.3) is 16.2 Å². The molecule has 4 heteroatoms. The second-order valence-corrected chi connectivity index (χ2v) is 6.49. The molecule has 0 aliphatic heterocycles. The highest BCUT2D eigenvalue weighted by Gasteiger charge is 2.14. The number of benzene rings is 2. The predicted molar refractivity (Wildman–Crippen MR) is 98.3 cm³/mol. The van der Waals surface area contributed by atoms with Crippen LogP contribution in [-0.2, 0) is 17.8 Å². The van der Waals surface area contributed by atoms with Gasteiger partial charge in [-0.25, -0.2) is 4.98 Å². The van der Waals surface area contributed by atoms with Gasteiger partial charge in [0.1, 0.15) is 0 Å². The summed E-state index contributed by atoms with van der Waals surface area (Å²) in [6, 6.07) is 20.7. The zero-order chi connectivity index (χ0) is 16.2. The van der Waals surface area contributed by atoms with Crippen LogP contribution in [-0.4, -0.2) is 16.0 Å². The summed E-state index contributed by atoms with van der Waals surface area (Å²) in [7, 11) is 0. The van der Waals surface area contributed by atoms with Gasteiger partial charge < -0.3 is 4.74 Å². The first kappa shape index (κ1) is 15.1. The van der Waals surface area contributed by atoms with E-state index in [4.69, 9.17) is 9.72 Å². The molecule has 120 valence electrons. The Balaban J connectivity index is 1.51. The van der Waals surface area contributed by atoms with Crippen LogP contribution in [0.1, 0.15) is 11.3 Å². The summed E-state index contributed by atoms with van der Waals surface area (Å²) in [5, 5.41) is 2.06. The topological polar surface area (TPSA) is 26.5 Å². The van der Waals surface area contributed by atoms with E-state index in [0.717, 1.165) is 28.3 Å². The quantitative estimate of drug-likeness (QED) is 0.473. The zero-order valence-electron chi connectivity index (χ0n) is 13.3. The summed E-state index contributed by atoms with van der Waals surface area (Å²) in [6.45, 7) is 1.27. The van der Waals surface area contributed by atoms with E-state index >= 15 is 0 Å². The number of fused-ring (bicyclic) bond motifs is 1. The fraction of sp³-hybridized carbons (Fsp3) is 0.150. The van der Waals surface area contributed by atoms with Gasteiger partial charge in [-0.2, -0.15) is 0 Å². The first-order chi connectivity index (χ1) is 11.9. The number of aromatic nitrogens is 2. The summed E-state index contributed by atoms with van der Waals surface area (Å²) < 4.78 is 8.10. The molecule has 0 saturated carbocycles. The molecule has 0 aliphatic carbocycles. The molecular formula is C20H18N2OS. The number of thiazole rings is 1. The van der Waals surface area contributed by atoms with Crippen molar-refractivity contribution in [3.05, 3.63) is 83.5 Å². The van der Waals surface area contributed by atoms with Gasteiger partial charge in [0.05, 0.1) is 24.6 Å². The van der Waals surface area contributed by atoms with Gasteiger partial charge in [0, 0.05) is 17.1 Å². The molecule has 0 atom stereocenters. The third-order valence-electron chi connectivity index (χ3n) is 4.02. The number of imidazole rings is 1. The molecule has 0 unspecified atom stereocenters. The molecule has 0 radical (unpaired) electrons. The molecule has 0 N–H and O–H groups in total. The second kappa shape index (κ2) is 6.99. The monoisotopic (exact) mass is 334 g/mol. The van der Waals surface area contributed by atoms with E-state index in [1.807, 2.05) is 24.3 Å². The van der Waals surface area contributed by atoms with Gasteiger partial charge in [-0.05, 0) is 12.0 Å². The Kier molecular flexibility index (Phi) is 4.40. The molecule has 2 heterocycles. The first-order valence-electron chi connectivity index (χ1n) is 8.03. The minimum absolute atomic E-state index is 0.564. The maximum Gasteiger partial charge on any atom is 0.194 e. The molecule has 4 aromatic rings. The van der Waals surface area contributed by atoms with Crippen LogP contribution in [0.2, 0.25) is 0 Å². The van der Waals surface area contributed by atoms with Gasteiger partial charge in [0.25, 0.3) is 0 Å². The SMILES string of the molecule is c1ccc(CCOCc2c(-c3ccccc3)nc3sccn23)cc1. The lowest BCUT2D eigenvalue weighted by atomic mass is 10.1. The summed E-state index contributed by atoms with van der Waals surface area (Å²) >= 11 is 1.65. The molecule has 0 aliphatic rings. The standard InChI is InChI=1S/C20H18N2OS/c1-3-7-16(8-4-1)11-13-23-15-18-19(17-9-5-2-6-10-17)21-20-22(18)12-14-24-20/h1-10,12,14H,11,13,15H2. The molecular weight excluding hydrogens is 316 g/mol. The third-order valence-corrected chi connectivity index (χ3v) is 4.78. The van der Waals surface area contributed by atoms with Gasteiger partial charge in [-0.3, -0.25) is 4.40 Å². The van der Waals surface area contributed by atoms with E-state index in [-0.39, 0.29) is 0 Å². The van der Waals surface area contributed by atoms with E-state index in [1.165, 1.54) is 5.56 Å². The van der Waals surface area contributed by atoms with E-state index < -0.39 is 0 Å². The number of rotatable bonds is 6. The van der Waals surface area contributed by atoms with Crippen molar-refractivity contribution in [3.63, 3.8) is 0 Å². The average molecular weight is 334 g/mol. The normalized spacial score (nSPS) is 11.2. The molecule has 2 aromatic carbocycles.